The van der Waals surface area contributed by atoms with Gasteiger partial charge in [-0.3, -0.25) is 15.6 Å². The fourth-order valence-electron chi connectivity index (χ4n) is 2.30. The topological polar surface area (TPSA) is 53.2 Å². The smallest absolute Gasteiger partial charge is 0.238 e. The monoisotopic (exact) mass is 327 g/mol. The minimum atomic E-state index is -0.0987. The van der Waals surface area contributed by atoms with E-state index in [-0.39, 0.29) is 5.91 Å². The molecule has 2 aromatic carbocycles. The summed E-state index contributed by atoms with van der Waals surface area (Å²) in [5, 5.41) is 3.42. The number of hydrogen-bond acceptors (Lipinski definition) is 2. The van der Waals surface area contributed by atoms with E-state index in [2.05, 4.69) is 22.2 Å². The average molecular weight is 327 g/mol. The second-order valence-electron chi connectivity index (χ2n) is 5.49. The number of carbonyl (C=O) groups excluding carboxylic acids is 1. The second-order valence-corrected chi connectivity index (χ2v) is 5.90. The molecule has 0 heterocycles. The summed E-state index contributed by atoms with van der Waals surface area (Å²) in [6, 6.07) is 16.0. The Hall–Kier alpha value is -2.40. The van der Waals surface area contributed by atoms with Gasteiger partial charge in [-0.15, -0.1) is 0 Å². The van der Waals surface area contributed by atoms with Crippen LogP contribution in [0, 0.1) is 13.8 Å². The van der Waals surface area contributed by atoms with Crippen LogP contribution in [-0.2, 0) is 11.2 Å². The summed E-state index contributed by atoms with van der Waals surface area (Å²) >= 11 is 5.18. The number of amides is 1. The van der Waals surface area contributed by atoms with Crippen LogP contribution in [0.15, 0.2) is 48.5 Å². The van der Waals surface area contributed by atoms with Crippen LogP contribution in [0.5, 0.6) is 0 Å². The van der Waals surface area contributed by atoms with Gasteiger partial charge in [-0.2, -0.15) is 0 Å². The molecule has 0 bridgehead atoms. The molecular weight excluding hydrogens is 306 g/mol. The third-order valence-corrected chi connectivity index (χ3v) is 3.48. The normalized spacial score (nSPS) is 10.0. The number of anilines is 1. The molecule has 3 N–H and O–H groups in total. The molecule has 2 aromatic rings. The van der Waals surface area contributed by atoms with Gasteiger partial charge in [0.05, 0.1) is 0 Å². The van der Waals surface area contributed by atoms with E-state index < -0.39 is 0 Å². The molecule has 2 rings (SSSR count). The Morgan fingerprint density at radius 1 is 1.00 bits per heavy atom. The first-order valence-corrected chi connectivity index (χ1v) is 7.92. The SMILES string of the molecule is Cc1cc(C)cc(NC(=S)NNC(=O)CCc2ccccc2)c1. The van der Waals surface area contributed by atoms with Crippen molar-refractivity contribution in [2.45, 2.75) is 26.7 Å². The van der Waals surface area contributed by atoms with Crippen molar-refractivity contribution in [2.75, 3.05) is 5.32 Å². The predicted octanol–water partition coefficient (Wildman–Crippen LogP) is 3.25. The highest BCUT2D eigenvalue weighted by Crippen LogP contribution is 2.13. The molecule has 0 unspecified atom stereocenters. The Labute approximate surface area is 142 Å². The van der Waals surface area contributed by atoms with E-state index in [9.17, 15) is 4.79 Å². The summed E-state index contributed by atoms with van der Waals surface area (Å²) in [5.74, 6) is -0.0987. The lowest BCUT2D eigenvalue weighted by atomic mass is 10.1. The van der Waals surface area contributed by atoms with E-state index in [1.807, 2.05) is 56.3 Å². The molecule has 4 nitrogen and oxygen atoms in total. The van der Waals surface area contributed by atoms with Crippen LogP contribution in [0.1, 0.15) is 23.1 Å². The molecule has 0 spiro atoms. The average Bonchev–Trinajstić information content (AvgIpc) is 2.51. The standard InChI is InChI=1S/C18H21N3OS/c1-13-10-14(2)12-16(11-13)19-18(23)21-20-17(22)9-8-15-6-4-3-5-7-15/h3-7,10-12H,8-9H2,1-2H3,(H,20,22)(H2,19,21,23). The maximum absolute atomic E-state index is 11.8. The van der Waals surface area contributed by atoms with Gasteiger partial charge < -0.3 is 5.32 Å². The number of hydrazine groups is 1. The van der Waals surface area contributed by atoms with E-state index in [1.165, 1.54) is 0 Å². The number of thiocarbonyl (C=S) groups is 1. The Bertz CT molecular complexity index is 666. The first-order valence-electron chi connectivity index (χ1n) is 7.51. The van der Waals surface area contributed by atoms with E-state index in [1.54, 1.807) is 0 Å². The molecule has 0 aliphatic carbocycles. The third kappa shape index (κ3) is 6.08. The number of hydrogen-bond donors (Lipinski definition) is 3. The zero-order valence-corrected chi connectivity index (χ0v) is 14.2. The molecule has 23 heavy (non-hydrogen) atoms. The van der Waals surface area contributed by atoms with Gasteiger partial charge in [-0.05, 0) is 61.3 Å². The summed E-state index contributed by atoms with van der Waals surface area (Å²) < 4.78 is 0. The number of aryl methyl sites for hydroxylation is 3. The molecule has 0 radical (unpaired) electrons. The van der Waals surface area contributed by atoms with Gasteiger partial charge in [0.1, 0.15) is 0 Å². The summed E-state index contributed by atoms with van der Waals surface area (Å²) in [6.45, 7) is 4.06. The number of nitrogens with one attached hydrogen (secondary N) is 3. The minimum Gasteiger partial charge on any atom is -0.331 e. The quantitative estimate of drug-likeness (QED) is 0.596. The van der Waals surface area contributed by atoms with Crippen LogP contribution in [0.3, 0.4) is 0 Å². The van der Waals surface area contributed by atoms with Gasteiger partial charge in [0.15, 0.2) is 5.11 Å². The molecular formula is C18H21N3OS. The Morgan fingerprint density at radius 3 is 2.30 bits per heavy atom. The highest BCUT2D eigenvalue weighted by atomic mass is 32.1. The van der Waals surface area contributed by atoms with Crippen LogP contribution in [-0.4, -0.2) is 11.0 Å². The Morgan fingerprint density at radius 2 is 1.65 bits per heavy atom. The molecule has 0 fully saturated rings. The first kappa shape index (κ1) is 17.0. The van der Waals surface area contributed by atoms with Crippen molar-refractivity contribution in [1.29, 1.82) is 0 Å². The van der Waals surface area contributed by atoms with Crippen LogP contribution < -0.4 is 16.2 Å². The van der Waals surface area contributed by atoms with Crippen LogP contribution in [0.4, 0.5) is 5.69 Å². The maximum Gasteiger partial charge on any atom is 0.238 e. The van der Waals surface area contributed by atoms with Crippen molar-refractivity contribution in [2.24, 2.45) is 0 Å². The zero-order chi connectivity index (χ0) is 16.7. The Kier molecular flexibility index (Phi) is 6.11. The van der Waals surface area contributed by atoms with E-state index in [0.29, 0.717) is 18.0 Å². The fourth-order valence-corrected chi connectivity index (χ4v) is 2.47. The Balaban J connectivity index is 1.74. The maximum atomic E-state index is 11.8. The van der Waals surface area contributed by atoms with Crippen molar-refractivity contribution in [3.05, 3.63) is 65.2 Å². The van der Waals surface area contributed by atoms with Gasteiger partial charge in [0, 0.05) is 12.1 Å². The summed E-state index contributed by atoms with van der Waals surface area (Å²) in [4.78, 5) is 11.8. The highest BCUT2D eigenvalue weighted by molar-refractivity contribution is 7.80. The predicted molar refractivity (Wildman–Crippen MR) is 98.2 cm³/mol. The van der Waals surface area contributed by atoms with E-state index in [4.69, 9.17) is 12.2 Å². The summed E-state index contributed by atoms with van der Waals surface area (Å²) in [6.07, 6.45) is 1.11. The number of carbonyl (C=O) groups is 1. The molecule has 5 heteroatoms. The fraction of sp³-hybridized carbons (Fsp3) is 0.222. The second kappa shape index (κ2) is 8.29. The molecule has 0 aliphatic heterocycles. The summed E-state index contributed by atoms with van der Waals surface area (Å²) in [7, 11) is 0. The molecule has 0 saturated carbocycles. The van der Waals surface area contributed by atoms with Crippen molar-refractivity contribution in [3.8, 4) is 0 Å². The largest absolute Gasteiger partial charge is 0.331 e. The zero-order valence-electron chi connectivity index (χ0n) is 13.3. The van der Waals surface area contributed by atoms with E-state index >= 15 is 0 Å². The third-order valence-electron chi connectivity index (χ3n) is 3.28. The molecule has 120 valence electrons. The lowest BCUT2D eigenvalue weighted by molar-refractivity contribution is -0.121. The van der Waals surface area contributed by atoms with Gasteiger partial charge in [0.2, 0.25) is 5.91 Å². The lowest BCUT2D eigenvalue weighted by Crippen LogP contribution is -2.43. The van der Waals surface area contributed by atoms with Gasteiger partial charge >= 0.3 is 0 Å². The molecule has 0 aliphatic rings. The lowest BCUT2D eigenvalue weighted by Gasteiger charge is -2.12. The van der Waals surface area contributed by atoms with E-state index in [0.717, 1.165) is 22.4 Å². The molecule has 0 atom stereocenters. The summed E-state index contributed by atoms with van der Waals surface area (Å²) in [5.41, 5.74) is 9.69. The highest BCUT2D eigenvalue weighted by Gasteiger charge is 2.04. The van der Waals surface area contributed by atoms with Crippen molar-refractivity contribution >= 4 is 28.9 Å². The van der Waals surface area contributed by atoms with Crippen molar-refractivity contribution in [3.63, 3.8) is 0 Å². The van der Waals surface area contributed by atoms with Gasteiger partial charge in [-0.25, -0.2) is 0 Å². The molecule has 1 amide bonds. The van der Waals surface area contributed by atoms with Gasteiger partial charge in [-0.1, -0.05) is 36.4 Å². The minimum absolute atomic E-state index is 0.0987. The number of rotatable bonds is 4. The van der Waals surface area contributed by atoms with Crippen molar-refractivity contribution in [1.82, 2.24) is 10.9 Å². The van der Waals surface area contributed by atoms with Crippen LogP contribution >= 0.6 is 12.2 Å². The van der Waals surface area contributed by atoms with Crippen molar-refractivity contribution < 1.29 is 4.79 Å². The van der Waals surface area contributed by atoms with Gasteiger partial charge in [0.25, 0.3) is 0 Å². The number of benzene rings is 2. The molecule has 0 aromatic heterocycles. The first-order chi connectivity index (χ1) is 11.0. The van der Waals surface area contributed by atoms with Crippen LogP contribution in [0.2, 0.25) is 0 Å². The molecule has 0 saturated heterocycles. The van der Waals surface area contributed by atoms with Crippen LogP contribution in [0.25, 0.3) is 0 Å².